The Morgan fingerprint density at radius 3 is 2.50 bits per heavy atom. The Bertz CT molecular complexity index is 495. The first-order valence-corrected chi connectivity index (χ1v) is 6.24. The molecule has 1 rings (SSSR count). The summed E-state index contributed by atoms with van der Waals surface area (Å²) in [5.74, 6) is -2.69. The molecule has 1 atom stereocenters. The van der Waals surface area contributed by atoms with Gasteiger partial charge in [0.2, 0.25) is 0 Å². The van der Waals surface area contributed by atoms with Gasteiger partial charge in [-0.2, -0.15) is 0 Å². The lowest BCUT2D eigenvalue weighted by Crippen LogP contribution is -2.28. The van der Waals surface area contributed by atoms with Crippen molar-refractivity contribution in [2.24, 2.45) is 0 Å². The lowest BCUT2D eigenvalue weighted by Gasteiger charge is -2.08. The molecule has 1 aromatic carbocycles. The fourth-order valence-corrected chi connectivity index (χ4v) is 2.34. The summed E-state index contributed by atoms with van der Waals surface area (Å²) < 4.78 is 36.3. The number of carbonyl (C=O) groups is 1. The van der Waals surface area contributed by atoms with Gasteiger partial charge in [-0.25, -0.2) is 12.8 Å². The van der Waals surface area contributed by atoms with Crippen LogP contribution in [0.3, 0.4) is 0 Å². The maximum atomic E-state index is 13.2. The predicted octanol–water partition coefficient (Wildman–Crippen LogP) is 1.21. The summed E-state index contributed by atoms with van der Waals surface area (Å²) in [6.07, 6.45) is 0. The van der Waals surface area contributed by atoms with E-state index in [2.05, 4.69) is 0 Å². The molecule has 16 heavy (non-hydrogen) atoms. The van der Waals surface area contributed by atoms with E-state index in [4.69, 9.17) is 5.11 Å². The van der Waals surface area contributed by atoms with E-state index in [1.165, 1.54) is 18.2 Å². The Morgan fingerprint density at radius 1 is 1.44 bits per heavy atom. The number of benzene rings is 1. The molecule has 0 radical (unpaired) electrons. The molecule has 0 heterocycles. The Kier molecular flexibility index (Phi) is 3.64. The van der Waals surface area contributed by atoms with Gasteiger partial charge in [0, 0.05) is 5.56 Å². The number of hydrogen-bond donors (Lipinski definition) is 1. The van der Waals surface area contributed by atoms with Crippen molar-refractivity contribution in [1.29, 1.82) is 0 Å². The summed E-state index contributed by atoms with van der Waals surface area (Å²) in [5.41, 5.74) is -0.0180. The largest absolute Gasteiger partial charge is 0.480 e. The molecule has 0 aliphatic rings. The van der Waals surface area contributed by atoms with Crippen LogP contribution >= 0.6 is 0 Å². The molecule has 0 fully saturated rings. The van der Waals surface area contributed by atoms with E-state index in [1.54, 1.807) is 0 Å². The molecule has 0 aliphatic carbocycles. The molecule has 0 aromatic heterocycles. The van der Waals surface area contributed by atoms with Gasteiger partial charge in [-0.3, -0.25) is 4.79 Å². The van der Waals surface area contributed by atoms with E-state index < -0.39 is 32.6 Å². The fourth-order valence-electron chi connectivity index (χ4n) is 1.11. The lowest BCUT2D eigenvalue weighted by atomic mass is 10.2. The molecule has 88 valence electrons. The molecule has 0 amide bonds. The molecular formula is C10H11FO4S. The average Bonchev–Trinajstić information content (AvgIpc) is 2.20. The summed E-state index contributed by atoms with van der Waals surface area (Å²) in [4.78, 5) is 10.5. The van der Waals surface area contributed by atoms with Crippen molar-refractivity contribution in [3.63, 3.8) is 0 Å². The fraction of sp³-hybridized carbons (Fsp3) is 0.300. The van der Waals surface area contributed by atoms with E-state index in [0.29, 0.717) is 0 Å². The minimum atomic E-state index is -3.87. The second kappa shape index (κ2) is 4.61. The summed E-state index contributed by atoms with van der Waals surface area (Å²) >= 11 is 0. The van der Waals surface area contributed by atoms with Crippen molar-refractivity contribution < 1.29 is 22.7 Å². The Hall–Kier alpha value is -1.43. The molecule has 0 saturated heterocycles. The normalized spacial score (nSPS) is 13.4. The van der Waals surface area contributed by atoms with Gasteiger partial charge in [-0.15, -0.1) is 0 Å². The number of sulfone groups is 1. The highest BCUT2D eigenvalue weighted by molar-refractivity contribution is 7.91. The summed E-state index contributed by atoms with van der Waals surface area (Å²) in [5, 5.41) is 7.06. The number of halogens is 1. The Balaban J connectivity index is 2.98. The number of hydrogen-bond acceptors (Lipinski definition) is 3. The first kappa shape index (κ1) is 12.6. The molecule has 0 bridgehead atoms. The molecule has 0 saturated carbocycles. The van der Waals surface area contributed by atoms with E-state index in [1.807, 2.05) is 0 Å². The van der Waals surface area contributed by atoms with Crippen LogP contribution in [-0.2, 0) is 20.4 Å². The van der Waals surface area contributed by atoms with E-state index >= 15 is 0 Å². The van der Waals surface area contributed by atoms with Crippen LogP contribution in [0.5, 0.6) is 0 Å². The zero-order chi connectivity index (χ0) is 12.3. The van der Waals surface area contributed by atoms with E-state index in [0.717, 1.165) is 13.0 Å². The third kappa shape index (κ3) is 2.79. The molecule has 1 unspecified atom stereocenters. The van der Waals surface area contributed by atoms with E-state index in [9.17, 15) is 17.6 Å². The van der Waals surface area contributed by atoms with Crippen molar-refractivity contribution in [1.82, 2.24) is 0 Å². The van der Waals surface area contributed by atoms with Gasteiger partial charge in [0.05, 0.1) is 5.75 Å². The van der Waals surface area contributed by atoms with Gasteiger partial charge in [0.1, 0.15) is 5.82 Å². The van der Waals surface area contributed by atoms with Gasteiger partial charge in [0.15, 0.2) is 15.1 Å². The summed E-state index contributed by atoms with van der Waals surface area (Å²) in [7, 11) is -3.87. The molecule has 1 N–H and O–H groups in total. The number of carboxylic acids is 1. The topological polar surface area (TPSA) is 71.4 Å². The quantitative estimate of drug-likeness (QED) is 0.866. The molecule has 0 aliphatic heterocycles. The maximum absolute atomic E-state index is 13.2. The van der Waals surface area contributed by atoms with Crippen LogP contribution in [0.2, 0.25) is 0 Å². The van der Waals surface area contributed by atoms with Gasteiger partial charge < -0.3 is 5.11 Å². The number of aliphatic carboxylic acids is 1. The van der Waals surface area contributed by atoms with Gasteiger partial charge in [-0.05, 0) is 13.0 Å². The first-order valence-electron chi connectivity index (χ1n) is 4.52. The SMILES string of the molecule is CC(C(=O)O)S(=O)(=O)Cc1ccccc1F. The van der Waals surface area contributed by atoms with Crippen LogP contribution in [0.15, 0.2) is 24.3 Å². The summed E-state index contributed by atoms with van der Waals surface area (Å²) in [6.45, 7) is 1.07. The molecule has 0 spiro atoms. The third-order valence-corrected chi connectivity index (χ3v) is 4.19. The van der Waals surface area contributed by atoms with Crippen molar-refractivity contribution in [3.8, 4) is 0 Å². The van der Waals surface area contributed by atoms with Gasteiger partial charge >= 0.3 is 5.97 Å². The molecule has 1 aromatic rings. The second-order valence-electron chi connectivity index (χ2n) is 3.38. The van der Waals surface area contributed by atoms with Crippen molar-refractivity contribution in [3.05, 3.63) is 35.6 Å². The second-order valence-corrected chi connectivity index (χ2v) is 5.70. The minimum Gasteiger partial charge on any atom is -0.480 e. The van der Waals surface area contributed by atoms with Crippen molar-refractivity contribution in [2.45, 2.75) is 17.9 Å². The lowest BCUT2D eigenvalue weighted by molar-refractivity contribution is -0.136. The van der Waals surface area contributed by atoms with Crippen LogP contribution in [0.25, 0.3) is 0 Å². The Labute approximate surface area is 92.6 Å². The smallest absolute Gasteiger partial charge is 0.321 e. The zero-order valence-electron chi connectivity index (χ0n) is 8.55. The highest BCUT2D eigenvalue weighted by atomic mass is 32.2. The van der Waals surface area contributed by atoms with Crippen LogP contribution in [0.4, 0.5) is 4.39 Å². The standard InChI is InChI=1S/C10H11FO4S/c1-7(10(12)13)16(14,15)6-8-4-2-3-5-9(8)11/h2-5,7H,6H2,1H3,(H,12,13). The highest BCUT2D eigenvalue weighted by Crippen LogP contribution is 2.14. The first-order chi connectivity index (χ1) is 7.34. The number of carboxylic acid groups (broad SMARTS) is 1. The Morgan fingerprint density at radius 2 is 2.00 bits per heavy atom. The van der Waals surface area contributed by atoms with Gasteiger partial charge in [0.25, 0.3) is 0 Å². The molecular weight excluding hydrogens is 235 g/mol. The molecule has 4 nitrogen and oxygen atoms in total. The predicted molar refractivity (Wildman–Crippen MR) is 56.1 cm³/mol. The zero-order valence-corrected chi connectivity index (χ0v) is 9.37. The third-order valence-electron chi connectivity index (χ3n) is 2.20. The van der Waals surface area contributed by atoms with Crippen LogP contribution < -0.4 is 0 Å². The average molecular weight is 246 g/mol. The van der Waals surface area contributed by atoms with E-state index in [-0.39, 0.29) is 5.56 Å². The monoisotopic (exact) mass is 246 g/mol. The molecule has 6 heteroatoms. The van der Waals surface area contributed by atoms with Crippen molar-refractivity contribution >= 4 is 15.8 Å². The summed E-state index contributed by atoms with van der Waals surface area (Å²) in [6, 6.07) is 5.39. The van der Waals surface area contributed by atoms with Crippen LogP contribution in [0, 0.1) is 5.82 Å². The van der Waals surface area contributed by atoms with Crippen LogP contribution in [0.1, 0.15) is 12.5 Å². The van der Waals surface area contributed by atoms with Crippen molar-refractivity contribution in [2.75, 3.05) is 0 Å². The maximum Gasteiger partial charge on any atom is 0.321 e. The minimum absolute atomic E-state index is 0.0180. The highest BCUT2D eigenvalue weighted by Gasteiger charge is 2.28. The number of rotatable bonds is 4. The van der Waals surface area contributed by atoms with Gasteiger partial charge in [-0.1, -0.05) is 18.2 Å². The van der Waals surface area contributed by atoms with Crippen LogP contribution in [-0.4, -0.2) is 24.7 Å².